The second-order valence-electron chi connectivity index (χ2n) is 11.2. The predicted molar refractivity (Wildman–Crippen MR) is 185 cm³/mol. The van der Waals surface area contributed by atoms with E-state index < -0.39 is 11.9 Å². The van der Waals surface area contributed by atoms with E-state index in [1.165, 1.54) is 4.68 Å². The highest BCUT2D eigenvalue weighted by Crippen LogP contribution is 2.36. The number of hydrogen-bond donors (Lipinski definition) is 5. The number of amidine groups is 1. The molecule has 0 bridgehead atoms. The van der Waals surface area contributed by atoms with E-state index in [4.69, 9.17) is 50.3 Å². The van der Waals surface area contributed by atoms with Gasteiger partial charge in [-0.15, -0.1) is 5.10 Å². The molecule has 0 saturated carbocycles. The van der Waals surface area contributed by atoms with E-state index in [1.807, 2.05) is 61.5 Å². The Balaban J connectivity index is 0.000000734. The number of aliphatic carboxylic acids is 2. The fourth-order valence-corrected chi connectivity index (χ4v) is 5.17. The summed E-state index contributed by atoms with van der Waals surface area (Å²) >= 11 is 0. The van der Waals surface area contributed by atoms with E-state index in [0.717, 1.165) is 44.5 Å². The molecule has 262 valence electrons. The summed E-state index contributed by atoms with van der Waals surface area (Å²) in [4.78, 5) is 36.4. The first kappa shape index (κ1) is 37.8. The number of rotatable bonds is 11. The fourth-order valence-electron chi connectivity index (χ4n) is 5.17. The zero-order chi connectivity index (χ0) is 36.1. The number of carboxylic acid groups (broad SMARTS) is 2. The highest BCUT2D eigenvalue weighted by Gasteiger charge is 2.26. The van der Waals surface area contributed by atoms with Crippen LogP contribution in [0.15, 0.2) is 71.5 Å². The Kier molecular flexibility index (Phi) is 13.9. The molecule has 3 aromatic carbocycles. The average Bonchev–Trinajstić information content (AvgIpc) is 3.64. The summed E-state index contributed by atoms with van der Waals surface area (Å²) in [6, 6.07) is 20.7. The standard InChI is InChI=1S/C31H36N6O4.2C2H4O2/c1-4-40-28-18-22(13-14-27(28)41-23-15-16-36(2)19-23)24(17-20-9-11-21(12-10-20)29(32)33)30-34-31(38)37(35-30)25-7-5-6-8-26(25)39-3;2*1-2(3)4/h5-14,18,23-24H,4,15-17,19H2,1-3H3,(H3,32,33)(H,34,35,38);2*1H3,(H,3,4). The van der Waals surface area contributed by atoms with E-state index in [-0.39, 0.29) is 23.5 Å². The van der Waals surface area contributed by atoms with E-state index in [1.54, 1.807) is 19.2 Å². The summed E-state index contributed by atoms with van der Waals surface area (Å²) in [5.41, 5.74) is 8.41. The highest BCUT2D eigenvalue weighted by atomic mass is 16.5. The van der Waals surface area contributed by atoms with Crippen molar-refractivity contribution in [2.24, 2.45) is 5.73 Å². The topological polar surface area (TPSA) is 206 Å². The third-order valence-electron chi connectivity index (χ3n) is 7.30. The van der Waals surface area contributed by atoms with Crippen LogP contribution in [0.3, 0.4) is 0 Å². The summed E-state index contributed by atoms with van der Waals surface area (Å²) in [5, 5.41) is 27.3. The number of para-hydroxylation sites is 2. The first-order valence-electron chi connectivity index (χ1n) is 15.6. The summed E-state index contributed by atoms with van der Waals surface area (Å²) < 4.78 is 19.2. The Morgan fingerprint density at radius 3 is 2.27 bits per heavy atom. The maximum Gasteiger partial charge on any atom is 0.348 e. The quantitative estimate of drug-likeness (QED) is 0.114. The zero-order valence-corrected chi connectivity index (χ0v) is 28.3. The van der Waals surface area contributed by atoms with Crippen LogP contribution in [-0.4, -0.2) is 87.6 Å². The van der Waals surface area contributed by atoms with Crippen molar-refractivity contribution in [1.29, 1.82) is 5.41 Å². The highest BCUT2D eigenvalue weighted by molar-refractivity contribution is 5.94. The van der Waals surface area contributed by atoms with Crippen molar-refractivity contribution in [3.05, 3.63) is 99.7 Å². The van der Waals surface area contributed by atoms with Gasteiger partial charge < -0.3 is 35.1 Å². The summed E-state index contributed by atoms with van der Waals surface area (Å²) in [6.45, 7) is 6.47. The molecule has 2 unspecified atom stereocenters. The van der Waals surface area contributed by atoms with Crippen LogP contribution >= 0.6 is 0 Å². The number of aromatic amines is 1. The molecule has 0 spiro atoms. The van der Waals surface area contributed by atoms with Gasteiger partial charge in [0.25, 0.3) is 11.9 Å². The SMILES string of the molecule is CC(=O)O.CC(=O)O.CCOc1cc(C(Cc2ccc(C(=N)N)cc2)c2nn(-c3ccccc3OC)c(=O)[nH]2)ccc1OC1CCN(C)C1. The van der Waals surface area contributed by atoms with Crippen molar-refractivity contribution in [1.82, 2.24) is 19.7 Å². The molecular formula is C35H44N6O8. The monoisotopic (exact) mass is 676 g/mol. The molecule has 0 radical (unpaired) electrons. The van der Waals surface area contributed by atoms with Gasteiger partial charge in [0, 0.05) is 38.4 Å². The molecule has 4 aromatic rings. The molecular weight excluding hydrogens is 632 g/mol. The molecule has 1 saturated heterocycles. The van der Waals surface area contributed by atoms with Crippen molar-refractivity contribution < 1.29 is 34.0 Å². The fraction of sp³-hybridized carbons (Fsp3) is 0.343. The molecule has 14 heteroatoms. The zero-order valence-electron chi connectivity index (χ0n) is 28.3. The number of hydrogen-bond acceptors (Lipinski definition) is 9. The van der Waals surface area contributed by atoms with Crippen LogP contribution in [0.5, 0.6) is 17.2 Å². The number of nitrogens with two attached hydrogens (primary N) is 1. The van der Waals surface area contributed by atoms with Gasteiger partial charge in [-0.2, -0.15) is 4.68 Å². The first-order chi connectivity index (χ1) is 23.3. The Hall–Kier alpha value is -5.63. The number of nitrogens with one attached hydrogen (secondary N) is 2. The molecule has 2 heterocycles. The van der Waals surface area contributed by atoms with Gasteiger partial charge in [-0.25, -0.2) is 4.79 Å². The molecule has 49 heavy (non-hydrogen) atoms. The lowest BCUT2D eigenvalue weighted by Gasteiger charge is -2.20. The lowest BCUT2D eigenvalue weighted by molar-refractivity contribution is -0.135. The molecule has 0 amide bonds. The van der Waals surface area contributed by atoms with Gasteiger partial charge in [0.1, 0.15) is 29.2 Å². The molecule has 6 N–H and O–H groups in total. The number of benzene rings is 3. The van der Waals surface area contributed by atoms with Gasteiger partial charge in [-0.3, -0.25) is 20.0 Å². The van der Waals surface area contributed by atoms with Gasteiger partial charge in [0.05, 0.1) is 13.7 Å². The molecule has 1 aliphatic heterocycles. The average molecular weight is 677 g/mol. The second kappa shape index (κ2) is 18.1. The largest absolute Gasteiger partial charge is 0.494 e. The predicted octanol–water partition coefficient (Wildman–Crippen LogP) is 3.89. The van der Waals surface area contributed by atoms with Crippen molar-refractivity contribution in [3.63, 3.8) is 0 Å². The van der Waals surface area contributed by atoms with Crippen LogP contribution in [-0.2, 0) is 16.0 Å². The van der Waals surface area contributed by atoms with Crippen LogP contribution in [0.1, 0.15) is 55.6 Å². The minimum atomic E-state index is -0.833. The lowest BCUT2D eigenvalue weighted by atomic mass is 9.90. The molecule has 14 nitrogen and oxygen atoms in total. The molecule has 2 atom stereocenters. The second-order valence-corrected chi connectivity index (χ2v) is 11.2. The van der Waals surface area contributed by atoms with Crippen molar-refractivity contribution in [2.75, 3.05) is 33.9 Å². The molecule has 5 rings (SSSR count). The Bertz CT molecular complexity index is 1750. The van der Waals surface area contributed by atoms with Gasteiger partial charge >= 0.3 is 5.69 Å². The van der Waals surface area contributed by atoms with Crippen molar-refractivity contribution >= 4 is 17.8 Å². The van der Waals surface area contributed by atoms with Crippen LogP contribution in [0.2, 0.25) is 0 Å². The number of methoxy groups -OCH3 is 1. The number of H-pyrrole nitrogens is 1. The minimum Gasteiger partial charge on any atom is -0.494 e. The van der Waals surface area contributed by atoms with Crippen LogP contribution in [0.25, 0.3) is 5.69 Å². The van der Waals surface area contributed by atoms with Gasteiger partial charge in [0.2, 0.25) is 0 Å². The van der Waals surface area contributed by atoms with E-state index in [0.29, 0.717) is 47.4 Å². The number of carbonyl (C=O) groups is 2. The summed E-state index contributed by atoms with van der Waals surface area (Å²) in [6.07, 6.45) is 1.61. The maximum atomic E-state index is 13.2. The number of ether oxygens (including phenoxy) is 3. The van der Waals surface area contributed by atoms with Crippen molar-refractivity contribution in [2.45, 2.75) is 45.6 Å². The van der Waals surface area contributed by atoms with E-state index >= 15 is 0 Å². The van der Waals surface area contributed by atoms with E-state index in [2.05, 4.69) is 16.9 Å². The van der Waals surface area contributed by atoms with Gasteiger partial charge in [0.15, 0.2) is 11.5 Å². The molecule has 1 aromatic heterocycles. The summed E-state index contributed by atoms with van der Waals surface area (Å²) in [7, 11) is 3.65. The number of likely N-dealkylation sites (N-methyl/N-ethyl adjacent to an activating group) is 1. The maximum absolute atomic E-state index is 13.2. The summed E-state index contributed by atoms with van der Waals surface area (Å²) in [5.74, 6) is 0.439. The minimum absolute atomic E-state index is 0.0124. The number of nitrogens with zero attached hydrogens (tertiary/aromatic N) is 3. The normalized spacial score (nSPS) is 14.3. The molecule has 1 aliphatic rings. The van der Waals surface area contributed by atoms with E-state index in [9.17, 15) is 4.79 Å². The Morgan fingerprint density at radius 1 is 1.04 bits per heavy atom. The van der Waals surface area contributed by atoms with Crippen LogP contribution in [0.4, 0.5) is 0 Å². The lowest BCUT2D eigenvalue weighted by Crippen LogP contribution is -2.21. The van der Waals surface area contributed by atoms with Crippen molar-refractivity contribution in [3.8, 4) is 22.9 Å². The Labute approximate surface area is 284 Å². The third-order valence-corrected chi connectivity index (χ3v) is 7.30. The number of likely N-dealkylation sites (tertiary alicyclic amines) is 1. The molecule has 0 aliphatic carbocycles. The van der Waals surface area contributed by atoms with Gasteiger partial charge in [-0.1, -0.05) is 42.5 Å². The smallest absolute Gasteiger partial charge is 0.348 e. The van der Waals surface area contributed by atoms with Crippen LogP contribution < -0.4 is 25.6 Å². The first-order valence-corrected chi connectivity index (χ1v) is 15.6. The third kappa shape index (κ3) is 11.2. The van der Waals surface area contributed by atoms with Gasteiger partial charge in [-0.05, 0) is 62.2 Å². The number of carboxylic acids is 2. The Morgan fingerprint density at radius 2 is 1.69 bits per heavy atom. The van der Waals surface area contributed by atoms with Crippen LogP contribution in [0, 0.1) is 5.41 Å². The number of nitrogen functional groups attached to an aromatic ring is 1. The molecule has 1 fully saturated rings. The number of aromatic nitrogens is 3.